The van der Waals surface area contributed by atoms with Crippen molar-refractivity contribution < 1.29 is 16.9 Å². The Bertz CT molecular complexity index is 277. The van der Waals surface area contributed by atoms with Gasteiger partial charge in [-0.25, -0.2) is 0 Å². The van der Waals surface area contributed by atoms with E-state index in [4.69, 9.17) is 0 Å². The second-order valence-electron chi connectivity index (χ2n) is 9.66. The largest absolute Gasteiger partial charge is 1.00 e. The van der Waals surface area contributed by atoms with Crippen molar-refractivity contribution >= 4 is 0 Å². The van der Waals surface area contributed by atoms with Crippen molar-refractivity contribution in [2.45, 2.75) is 130 Å². The minimum absolute atomic E-state index is 0. The van der Waals surface area contributed by atoms with E-state index in [2.05, 4.69) is 34.9 Å². The fourth-order valence-electron chi connectivity index (χ4n) is 4.07. The third-order valence-electron chi connectivity index (χ3n) is 6.13. The topological polar surface area (TPSA) is 0 Å². The molecule has 0 spiro atoms. The van der Waals surface area contributed by atoms with E-state index in [0.717, 1.165) is 5.92 Å². The highest BCUT2D eigenvalue weighted by Gasteiger charge is 2.14. The molecular weight excluding hydrogens is 350 g/mol. The maximum Gasteiger partial charge on any atom is 0.0782 e. The highest BCUT2D eigenvalue weighted by Crippen LogP contribution is 2.17. The van der Waals surface area contributed by atoms with Crippen LogP contribution in [0.5, 0.6) is 0 Å². The summed E-state index contributed by atoms with van der Waals surface area (Å²) in [6.45, 7) is 9.83. The molecule has 0 heterocycles. The SMILES string of the molecule is CCCCCCCCCC[N+](C)(C)CCCC(C)CCCCCCCC.[Cl-]. The molecule has 0 N–H and O–H groups in total. The molecule has 0 aromatic heterocycles. The smallest absolute Gasteiger partial charge is 0.0782 e. The van der Waals surface area contributed by atoms with Crippen LogP contribution >= 0.6 is 0 Å². The van der Waals surface area contributed by atoms with Crippen LogP contribution in [0.3, 0.4) is 0 Å². The van der Waals surface area contributed by atoms with Gasteiger partial charge in [0.2, 0.25) is 0 Å². The molecule has 0 aliphatic rings. The summed E-state index contributed by atoms with van der Waals surface area (Å²) in [5, 5.41) is 0. The Morgan fingerprint density at radius 1 is 0.519 bits per heavy atom. The van der Waals surface area contributed by atoms with Crippen molar-refractivity contribution in [3.05, 3.63) is 0 Å². The highest BCUT2D eigenvalue weighted by molar-refractivity contribution is 4.55. The molecule has 27 heavy (non-hydrogen) atoms. The minimum atomic E-state index is 0. The number of halogens is 1. The minimum Gasteiger partial charge on any atom is -1.00 e. The molecule has 0 bridgehead atoms. The molecule has 0 rings (SSSR count). The van der Waals surface area contributed by atoms with Crippen molar-refractivity contribution in [2.24, 2.45) is 5.92 Å². The van der Waals surface area contributed by atoms with Gasteiger partial charge in [0, 0.05) is 0 Å². The zero-order chi connectivity index (χ0) is 19.5. The molecular formula is C25H54ClN. The summed E-state index contributed by atoms with van der Waals surface area (Å²) in [5.74, 6) is 0.935. The van der Waals surface area contributed by atoms with Crippen LogP contribution in [-0.4, -0.2) is 31.7 Å². The summed E-state index contributed by atoms with van der Waals surface area (Å²) in [5.41, 5.74) is 0. The van der Waals surface area contributed by atoms with Crippen molar-refractivity contribution in [3.63, 3.8) is 0 Å². The van der Waals surface area contributed by atoms with E-state index in [-0.39, 0.29) is 12.4 Å². The molecule has 0 aromatic rings. The first-order valence-corrected chi connectivity index (χ1v) is 12.3. The van der Waals surface area contributed by atoms with Crippen molar-refractivity contribution in [2.75, 3.05) is 27.2 Å². The third kappa shape index (κ3) is 22.4. The summed E-state index contributed by atoms with van der Waals surface area (Å²) in [4.78, 5) is 0. The third-order valence-corrected chi connectivity index (χ3v) is 6.13. The van der Waals surface area contributed by atoms with Gasteiger partial charge in [0.25, 0.3) is 0 Å². The Balaban J connectivity index is 0. The molecule has 1 unspecified atom stereocenters. The van der Waals surface area contributed by atoms with Gasteiger partial charge in [0.1, 0.15) is 0 Å². The predicted octanol–water partition coefficient (Wildman–Crippen LogP) is 5.37. The lowest BCUT2D eigenvalue weighted by atomic mass is 9.97. The van der Waals surface area contributed by atoms with E-state index in [1.807, 2.05) is 0 Å². The molecule has 0 saturated heterocycles. The molecule has 0 amide bonds. The second-order valence-corrected chi connectivity index (χ2v) is 9.66. The Labute approximate surface area is 180 Å². The van der Waals surface area contributed by atoms with Crippen molar-refractivity contribution in [1.82, 2.24) is 0 Å². The summed E-state index contributed by atoms with van der Waals surface area (Å²) < 4.78 is 1.24. The predicted molar refractivity (Wildman–Crippen MR) is 121 cm³/mol. The first-order valence-electron chi connectivity index (χ1n) is 12.3. The second kappa shape index (κ2) is 21.0. The molecule has 1 nitrogen and oxygen atoms in total. The van der Waals surface area contributed by atoms with Gasteiger partial charge in [-0.3, -0.25) is 0 Å². The van der Waals surface area contributed by atoms with Crippen molar-refractivity contribution in [3.8, 4) is 0 Å². The van der Waals surface area contributed by atoms with E-state index >= 15 is 0 Å². The van der Waals surface area contributed by atoms with Gasteiger partial charge in [-0.05, 0) is 31.6 Å². The number of nitrogens with zero attached hydrogens (tertiary/aromatic N) is 1. The van der Waals surface area contributed by atoms with E-state index < -0.39 is 0 Å². The Morgan fingerprint density at radius 2 is 0.889 bits per heavy atom. The summed E-state index contributed by atoms with van der Waals surface area (Å²) >= 11 is 0. The van der Waals surface area contributed by atoms with E-state index in [0.29, 0.717) is 0 Å². The molecule has 0 fully saturated rings. The molecule has 0 radical (unpaired) electrons. The van der Waals surface area contributed by atoms with Gasteiger partial charge in [-0.2, -0.15) is 0 Å². The van der Waals surface area contributed by atoms with Crippen LogP contribution in [0.4, 0.5) is 0 Å². The average molecular weight is 404 g/mol. The summed E-state index contributed by atoms with van der Waals surface area (Å²) in [6, 6.07) is 0. The van der Waals surface area contributed by atoms with Crippen LogP contribution in [0, 0.1) is 5.92 Å². The van der Waals surface area contributed by atoms with Crippen LogP contribution in [0.1, 0.15) is 130 Å². The summed E-state index contributed by atoms with van der Waals surface area (Å²) in [6.07, 6.45) is 24.4. The van der Waals surface area contributed by atoms with E-state index in [1.165, 1.54) is 127 Å². The zero-order valence-corrected chi connectivity index (χ0v) is 20.6. The summed E-state index contributed by atoms with van der Waals surface area (Å²) in [7, 11) is 4.89. The van der Waals surface area contributed by atoms with Gasteiger partial charge in [0.05, 0.1) is 27.2 Å². The van der Waals surface area contributed by atoms with E-state index in [1.54, 1.807) is 0 Å². The van der Waals surface area contributed by atoms with Crippen LogP contribution in [0.15, 0.2) is 0 Å². The normalized spacial score (nSPS) is 12.8. The molecule has 0 saturated carbocycles. The molecule has 166 valence electrons. The number of hydrogen-bond acceptors (Lipinski definition) is 0. The number of unbranched alkanes of at least 4 members (excludes halogenated alkanes) is 12. The Morgan fingerprint density at radius 3 is 1.41 bits per heavy atom. The van der Waals surface area contributed by atoms with Crippen LogP contribution < -0.4 is 12.4 Å². The molecule has 2 heteroatoms. The Kier molecular flexibility index (Phi) is 22.9. The van der Waals surface area contributed by atoms with Gasteiger partial charge in [-0.1, -0.05) is 104 Å². The first kappa shape index (κ1) is 29.5. The van der Waals surface area contributed by atoms with Gasteiger partial charge >= 0.3 is 0 Å². The van der Waals surface area contributed by atoms with Crippen LogP contribution in [0.2, 0.25) is 0 Å². The van der Waals surface area contributed by atoms with Gasteiger partial charge < -0.3 is 16.9 Å². The lowest BCUT2D eigenvalue weighted by Gasteiger charge is -2.30. The Hall–Kier alpha value is 0.250. The molecule has 0 aliphatic heterocycles. The highest BCUT2D eigenvalue weighted by atomic mass is 35.5. The van der Waals surface area contributed by atoms with Crippen molar-refractivity contribution in [1.29, 1.82) is 0 Å². The fourth-order valence-corrected chi connectivity index (χ4v) is 4.07. The molecule has 0 aliphatic carbocycles. The average Bonchev–Trinajstić information content (AvgIpc) is 2.60. The first-order chi connectivity index (χ1) is 12.5. The van der Waals surface area contributed by atoms with Crippen LogP contribution in [-0.2, 0) is 0 Å². The quantitative estimate of drug-likeness (QED) is 0.189. The fraction of sp³-hybridized carbons (Fsp3) is 1.00. The maximum absolute atomic E-state index is 2.48. The van der Waals surface area contributed by atoms with Gasteiger partial charge in [-0.15, -0.1) is 0 Å². The molecule has 1 atom stereocenters. The monoisotopic (exact) mass is 403 g/mol. The number of rotatable bonds is 20. The van der Waals surface area contributed by atoms with Crippen LogP contribution in [0.25, 0.3) is 0 Å². The lowest BCUT2D eigenvalue weighted by molar-refractivity contribution is -0.890. The maximum atomic E-state index is 2.48. The molecule has 0 aromatic carbocycles. The number of quaternary nitrogens is 1. The van der Waals surface area contributed by atoms with E-state index in [9.17, 15) is 0 Å². The van der Waals surface area contributed by atoms with Gasteiger partial charge in [0.15, 0.2) is 0 Å². The lowest BCUT2D eigenvalue weighted by Crippen LogP contribution is -3.00. The zero-order valence-electron chi connectivity index (χ0n) is 19.8. The number of hydrogen-bond donors (Lipinski definition) is 0. The standard InChI is InChI=1S/C25H54N.ClH/c1-6-8-10-12-14-15-17-19-23-26(4,5)24-20-22-25(3)21-18-16-13-11-9-7-2;/h25H,6-24H2,1-5H3;1H/q+1;/p-1.